The predicted octanol–water partition coefficient (Wildman–Crippen LogP) is 3.69. The summed E-state index contributed by atoms with van der Waals surface area (Å²) in [6.07, 6.45) is 0.907. The molecule has 0 amide bonds. The second-order valence-corrected chi connectivity index (χ2v) is 4.72. The zero-order chi connectivity index (χ0) is 13.7. The first kappa shape index (κ1) is 13.7. The summed E-state index contributed by atoms with van der Waals surface area (Å²) in [6.45, 7) is 2.61. The average Bonchev–Trinajstić information content (AvgIpc) is 2.41. The normalized spacial score (nSPS) is 12.4. The van der Waals surface area contributed by atoms with Gasteiger partial charge in [-0.05, 0) is 36.6 Å². The number of nitrogens with one attached hydrogen (secondary N) is 1. The smallest absolute Gasteiger partial charge is 0.159 e. The summed E-state index contributed by atoms with van der Waals surface area (Å²) in [5, 5.41) is 3.30. The van der Waals surface area contributed by atoms with E-state index >= 15 is 0 Å². The molecule has 2 aromatic carbocycles. The van der Waals surface area contributed by atoms with E-state index in [-0.39, 0.29) is 6.04 Å². The largest absolute Gasteiger partial charge is 0.310 e. The molecule has 1 unspecified atom stereocenters. The van der Waals surface area contributed by atoms with Crippen LogP contribution in [0, 0.1) is 11.6 Å². The molecule has 0 saturated heterocycles. The van der Waals surface area contributed by atoms with Crippen molar-refractivity contribution in [3.8, 4) is 0 Å². The zero-order valence-electron chi connectivity index (χ0n) is 10.9. The van der Waals surface area contributed by atoms with Crippen molar-refractivity contribution >= 4 is 0 Å². The Morgan fingerprint density at radius 3 is 2.37 bits per heavy atom. The molecule has 0 aliphatic rings. The van der Waals surface area contributed by atoms with Crippen LogP contribution in [0.25, 0.3) is 0 Å². The van der Waals surface area contributed by atoms with E-state index in [2.05, 4.69) is 24.4 Å². The molecule has 1 atom stereocenters. The summed E-state index contributed by atoms with van der Waals surface area (Å²) >= 11 is 0. The van der Waals surface area contributed by atoms with Crippen molar-refractivity contribution in [3.05, 3.63) is 71.3 Å². The molecule has 19 heavy (non-hydrogen) atoms. The van der Waals surface area contributed by atoms with Crippen LogP contribution in [0.2, 0.25) is 0 Å². The molecule has 3 heteroatoms. The van der Waals surface area contributed by atoms with Crippen LogP contribution >= 0.6 is 0 Å². The molecule has 0 spiro atoms. The van der Waals surface area contributed by atoms with Crippen LogP contribution in [0.4, 0.5) is 8.78 Å². The highest BCUT2D eigenvalue weighted by Crippen LogP contribution is 2.09. The Morgan fingerprint density at radius 1 is 0.947 bits per heavy atom. The molecule has 0 saturated carbocycles. The van der Waals surface area contributed by atoms with E-state index in [9.17, 15) is 8.78 Å². The van der Waals surface area contributed by atoms with Gasteiger partial charge in [-0.25, -0.2) is 8.78 Å². The van der Waals surface area contributed by atoms with E-state index in [4.69, 9.17) is 0 Å². The fourth-order valence-corrected chi connectivity index (χ4v) is 1.98. The average molecular weight is 261 g/mol. The molecule has 0 fully saturated rings. The number of benzene rings is 2. The van der Waals surface area contributed by atoms with E-state index in [1.807, 2.05) is 18.2 Å². The van der Waals surface area contributed by atoms with E-state index < -0.39 is 11.6 Å². The van der Waals surface area contributed by atoms with Gasteiger partial charge >= 0.3 is 0 Å². The van der Waals surface area contributed by atoms with Gasteiger partial charge in [-0.2, -0.15) is 0 Å². The molecular weight excluding hydrogens is 244 g/mol. The van der Waals surface area contributed by atoms with Crippen molar-refractivity contribution in [2.45, 2.75) is 25.9 Å². The molecular formula is C16H17F2N. The Hall–Kier alpha value is -1.74. The van der Waals surface area contributed by atoms with Gasteiger partial charge in [0.25, 0.3) is 0 Å². The molecule has 100 valence electrons. The number of halogens is 2. The van der Waals surface area contributed by atoms with Crippen molar-refractivity contribution in [2.24, 2.45) is 0 Å². The summed E-state index contributed by atoms with van der Waals surface area (Å²) in [5.41, 5.74) is 2.01. The molecule has 1 N–H and O–H groups in total. The second-order valence-electron chi connectivity index (χ2n) is 4.72. The third kappa shape index (κ3) is 4.14. The van der Waals surface area contributed by atoms with Crippen LogP contribution in [-0.4, -0.2) is 6.04 Å². The van der Waals surface area contributed by atoms with Crippen LogP contribution in [0.15, 0.2) is 48.5 Å². The molecule has 2 rings (SSSR count). The Bertz CT molecular complexity index is 526. The molecule has 0 heterocycles. The first-order valence-corrected chi connectivity index (χ1v) is 6.36. The summed E-state index contributed by atoms with van der Waals surface area (Å²) < 4.78 is 25.8. The topological polar surface area (TPSA) is 12.0 Å². The highest BCUT2D eigenvalue weighted by atomic mass is 19.2. The Balaban J connectivity index is 1.86. The van der Waals surface area contributed by atoms with Crippen molar-refractivity contribution < 1.29 is 8.78 Å². The van der Waals surface area contributed by atoms with Crippen molar-refractivity contribution in [1.29, 1.82) is 0 Å². The van der Waals surface area contributed by atoms with Gasteiger partial charge in [0.15, 0.2) is 11.6 Å². The lowest BCUT2D eigenvalue weighted by Gasteiger charge is -2.14. The standard InChI is InChI=1S/C16H17F2N/c1-12(9-13-5-3-2-4-6-13)19-11-14-7-8-15(17)16(18)10-14/h2-8,10,12,19H,9,11H2,1H3. The van der Waals surface area contributed by atoms with Gasteiger partial charge < -0.3 is 5.32 Å². The van der Waals surface area contributed by atoms with Crippen LogP contribution in [-0.2, 0) is 13.0 Å². The minimum Gasteiger partial charge on any atom is -0.310 e. The molecule has 0 aliphatic carbocycles. The van der Waals surface area contributed by atoms with E-state index in [1.165, 1.54) is 11.6 Å². The molecule has 0 radical (unpaired) electrons. The minimum atomic E-state index is -0.805. The monoisotopic (exact) mass is 261 g/mol. The predicted molar refractivity (Wildman–Crippen MR) is 72.8 cm³/mol. The maximum atomic E-state index is 13.0. The van der Waals surface area contributed by atoms with Gasteiger partial charge in [0, 0.05) is 12.6 Å². The van der Waals surface area contributed by atoms with E-state index in [1.54, 1.807) is 6.07 Å². The molecule has 0 bridgehead atoms. The van der Waals surface area contributed by atoms with Gasteiger partial charge in [0.1, 0.15) is 0 Å². The lowest BCUT2D eigenvalue weighted by atomic mass is 10.1. The summed E-state index contributed by atoms with van der Waals surface area (Å²) in [5.74, 6) is -1.60. The summed E-state index contributed by atoms with van der Waals surface area (Å²) in [6, 6.07) is 14.4. The van der Waals surface area contributed by atoms with Crippen molar-refractivity contribution in [1.82, 2.24) is 5.32 Å². The van der Waals surface area contributed by atoms with Crippen molar-refractivity contribution in [3.63, 3.8) is 0 Å². The minimum absolute atomic E-state index is 0.274. The molecule has 0 aromatic heterocycles. The van der Waals surface area contributed by atoms with Gasteiger partial charge in [0.05, 0.1) is 0 Å². The van der Waals surface area contributed by atoms with E-state index in [0.717, 1.165) is 18.1 Å². The third-order valence-corrected chi connectivity index (χ3v) is 3.02. The fourth-order valence-electron chi connectivity index (χ4n) is 1.98. The summed E-state index contributed by atoms with van der Waals surface area (Å²) in [4.78, 5) is 0. The van der Waals surface area contributed by atoms with Gasteiger partial charge in [-0.15, -0.1) is 0 Å². The molecule has 1 nitrogen and oxygen atoms in total. The van der Waals surface area contributed by atoms with Gasteiger partial charge in [-0.1, -0.05) is 36.4 Å². The lowest BCUT2D eigenvalue weighted by molar-refractivity contribution is 0.502. The van der Waals surface area contributed by atoms with E-state index in [0.29, 0.717) is 6.54 Å². The Kier molecular flexibility index (Phi) is 4.63. The first-order valence-electron chi connectivity index (χ1n) is 6.36. The lowest BCUT2D eigenvalue weighted by Crippen LogP contribution is -2.27. The second kappa shape index (κ2) is 6.43. The molecule has 0 aliphatic heterocycles. The quantitative estimate of drug-likeness (QED) is 0.865. The van der Waals surface area contributed by atoms with Crippen molar-refractivity contribution in [2.75, 3.05) is 0 Å². The Morgan fingerprint density at radius 2 is 1.68 bits per heavy atom. The van der Waals surface area contributed by atoms with Crippen LogP contribution in [0.3, 0.4) is 0 Å². The summed E-state index contributed by atoms with van der Waals surface area (Å²) in [7, 11) is 0. The highest BCUT2D eigenvalue weighted by Gasteiger charge is 2.05. The number of hydrogen-bond acceptors (Lipinski definition) is 1. The van der Waals surface area contributed by atoms with Gasteiger partial charge in [0.2, 0.25) is 0 Å². The van der Waals surface area contributed by atoms with Crippen LogP contribution < -0.4 is 5.32 Å². The third-order valence-electron chi connectivity index (χ3n) is 3.02. The zero-order valence-corrected chi connectivity index (χ0v) is 10.9. The Labute approximate surface area is 112 Å². The number of rotatable bonds is 5. The van der Waals surface area contributed by atoms with Crippen LogP contribution in [0.5, 0.6) is 0 Å². The SMILES string of the molecule is CC(Cc1ccccc1)NCc1ccc(F)c(F)c1. The van der Waals surface area contributed by atoms with Gasteiger partial charge in [-0.3, -0.25) is 0 Å². The first-order chi connectivity index (χ1) is 9.15. The highest BCUT2D eigenvalue weighted by molar-refractivity contribution is 5.18. The maximum Gasteiger partial charge on any atom is 0.159 e. The molecule has 2 aromatic rings. The van der Waals surface area contributed by atoms with Crippen LogP contribution in [0.1, 0.15) is 18.1 Å². The fraction of sp³-hybridized carbons (Fsp3) is 0.250. The maximum absolute atomic E-state index is 13.0. The number of hydrogen-bond donors (Lipinski definition) is 1.